The van der Waals surface area contributed by atoms with Crippen LogP contribution in [0.2, 0.25) is 0 Å². The minimum atomic E-state index is 0.144. The van der Waals surface area contributed by atoms with Gasteiger partial charge in [0.15, 0.2) is 0 Å². The third kappa shape index (κ3) is 1.38. The monoisotopic (exact) mass is 316 g/mol. The van der Waals surface area contributed by atoms with Gasteiger partial charge in [-0.05, 0) is 56.1 Å². The summed E-state index contributed by atoms with van der Waals surface area (Å²) in [5.41, 5.74) is 0. The second-order valence-electron chi connectivity index (χ2n) is 2.89. The minimum Gasteiger partial charge on any atom is -0.506 e. The fraction of sp³-hybridized carbons (Fsp3) is 0. The highest BCUT2D eigenvalue weighted by Crippen LogP contribution is 2.39. The lowest BCUT2D eigenvalue weighted by Crippen LogP contribution is -1.78. The Morgan fingerprint density at radius 2 is 1.07 bits per heavy atom. The molecule has 2 aromatic rings. The van der Waals surface area contributed by atoms with E-state index in [9.17, 15) is 10.2 Å². The van der Waals surface area contributed by atoms with Gasteiger partial charge in [-0.3, -0.25) is 0 Å². The average Bonchev–Trinajstić information content (AvgIpc) is 2.17. The normalized spacial score (nSPS) is 10.7. The Hall–Kier alpha value is -0.740. The number of phenols is 2. The van der Waals surface area contributed by atoms with Gasteiger partial charge in [-0.15, -0.1) is 0 Å². The van der Waals surface area contributed by atoms with E-state index >= 15 is 0 Å². The topological polar surface area (TPSA) is 40.5 Å². The Morgan fingerprint density at radius 3 is 1.43 bits per heavy atom. The molecule has 0 fully saturated rings. The zero-order valence-corrected chi connectivity index (χ0v) is 10.1. The maximum absolute atomic E-state index is 9.70. The van der Waals surface area contributed by atoms with E-state index < -0.39 is 0 Å². The predicted molar refractivity (Wildman–Crippen MR) is 62.7 cm³/mol. The van der Waals surface area contributed by atoms with Crippen LogP contribution in [0.15, 0.2) is 33.2 Å². The van der Waals surface area contributed by atoms with Gasteiger partial charge in [-0.1, -0.05) is 0 Å². The molecule has 0 bridgehead atoms. The summed E-state index contributed by atoms with van der Waals surface area (Å²) < 4.78 is 1.23. The van der Waals surface area contributed by atoms with Gasteiger partial charge in [-0.2, -0.15) is 0 Å². The summed E-state index contributed by atoms with van der Waals surface area (Å²) in [6, 6.07) is 6.89. The fourth-order valence-corrected chi connectivity index (χ4v) is 2.01. The molecule has 2 N–H and O–H groups in total. The zero-order valence-electron chi connectivity index (χ0n) is 6.96. The zero-order chi connectivity index (χ0) is 10.3. The molecule has 0 unspecified atom stereocenters. The van der Waals surface area contributed by atoms with E-state index in [-0.39, 0.29) is 11.5 Å². The molecule has 0 aromatic heterocycles. The van der Waals surface area contributed by atoms with Crippen LogP contribution in [0.5, 0.6) is 11.5 Å². The molecule has 0 aliphatic heterocycles. The van der Waals surface area contributed by atoms with E-state index in [2.05, 4.69) is 31.9 Å². The van der Waals surface area contributed by atoms with Crippen molar-refractivity contribution in [3.8, 4) is 11.5 Å². The van der Waals surface area contributed by atoms with Crippen LogP contribution in [-0.4, -0.2) is 10.2 Å². The van der Waals surface area contributed by atoms with Crippen molar-refractivity contribution >= 4 is 42.6 Å². The maximum Gasteiger partial charge on any atom is 0.137 e. The summed E-state index contributed by atoms with van der Waals surface area (Å²) >= 11 is 6.43. The number of benzene rings is 2. The second kappa shape index (κ2) is 3.44. The smallest absolute Gasteiger partial charge is 0.137 e. The molecule has 0 saturated heterocycles. The van der Waals surface area contributed by atoms with E-state index in [0.29, 0.717) is 19.7 Å². The van der Waals surface area contributed by atoms with Crippen LogP contribution in [0.25, 0.3) is 10.8 Å². The highest BCUT2D eigenvalue weighted by Gasteiger charge is 2.09. The van der Waals surface area contributed by atoms with Crippen molar-refractivity contribution < 1.29 is 10.2 Å². The molecule has 2 rings (SSSR count). The van der Waals surface area contributed by atoms with Crippen molar-refractivity contribution in [3.05, 3.63) is 33.2 Å². The number of fused-ring (bicyclic) bond motifs is 1. The molecule has 0 saturated carbocycles. The molecule has 0 aliphatic rings. The fourth-order valence-electron chi connectivity index (χ4n) is 1.32. The first-order valence-corrected chi connectivity index (χ1v) is 5.48. The van der Waals surface area contributed by atoms with Gasteiger partial charge in [-0.25, -0.2) is 0 Å². The van der Waals surface area contributed by atoms with E-state index in [1.807, 2.05) is 0 Å². The van der Waals surface area contributed by atoms with E-state index in [4.69, 9.17) is 0 Å². The Morgan fingerprint density at radius 1 is 0.714 bits per heavy atom. The molecular formula is C10H6Br2O2. The van der Waals surface area contributed by atoms with Crippen LogP contribution >= 0.6 is 31.9 Å². The van der Waals surface area contributed by atoms with Gasteiger partial charge in [0.1, 0.15) is 11.5 Å². The van der Waals surface area contributed by atoms with Crippen LogP contribution in [0, 0.1) is 0 Å². The van der Waals surface area contributed by atoms with Gasteiger partial charge in [0.25, 0.3) is 0 Å². The van der Waals surface area contributed by atoms with Crippen LogP contribution in [0.1, 0.15) is 0 Å². The first kappa shape index (κ1) is 9.80. The number of hydrogen-bond donors (Lipinski definition) is 2. The summed E-state index contributed by atoms with van der Waals surface area (Å²) in [6.07, 6.45) is 0. The largest absolute Gasteiger partial charge is 0.506 e. The number of rotatable bonds is 0. The molecule has 0 heterocycles. The number of hydrogen-bond acceptors (Lipinski definition) is 2. The van der Waals surface area contributed by atoms with E-state index in [0.717, 1.165) is 0 Å². The third-order valence-corrected chi connectivity index (χ3v) is 3.33. The Bertz CT molecular complexity index is 462. The van der Waals surface area contributed by atoms with Crippen molar-refractivity contribution in [2.24, 2.45) is 0 Å². The van der Waals surface area contributed by atoms with Crippen molar-refractivity contribution in [1.29, 1.82) is 0 Å². The standard InChI is InChI=1S/C10H6Br2O2/c11-7-3-1-5-6(10(7)14)2-4-8(12)9(5)13/h1-4,13-14H. The molecule has 0 radical (unpaired) electrons. The SMILES string of the molecule is Oc1c(Br)ccc2c(O)c(Br)ccc12. The summed E-state index contributed by atoms with van der Waals surface area (Å²) in [4.78, 5) is 0. The lowest BCUT2D eigenvalue weighted by Gasteiger charge is -2.06. The Labute approximate surface area is 97.4 Å². The average molecular weight is 318 g/mol. The molecule has 0 aliphatic carbocycles. The van der Waals surface area contributed by atoms with Gasteiger partial charge >= 0.3 is 0 Å². The van der Waals surface area contributed by atoms with Crippen LogP contribution in [0.3, 0.4) is 0 Å². The third-order valence-electron chi connectivity index (χ3n) is 2.05. The molecule has 14 heavy (non-hydrogen) atoms. The summed E-state index contributed by atoms with van der Waals surface area (Å²) in [7, 11) is 0. The van der Waals surface area contributed by atoms with E-state index in [1.165, 1.54) is 0 Å². The molecule has 0 amide bonds. The Kier molecular flexibility index (Phi) is 2.41. The molecule has 2 aromatic carbocycles. The number of halogens is 2. The van der Waals surface area contributed by atoms with Crippen LogP contribution in [-0.2, 0) is 0 Å². The maximum atomic E-state index is 9.70. The van der Waals surface area contributed by atoms with Gasteiger partial charge < -0.3 is 10.2 Å². The minimum absolute atomic E-state index is 0.144. The van der Waals surface area contributed by atoms with Crippen LogP contribution < -0.4 is 0 Å². The van der Waals surface area contributed by atoms with Gasteiger partial charge in [0.2, 0.25) is 0 Å². The van der Waals surface area contributed by atoms with Crippen molar-refractivity contribution in [2.75, 3.05) is 0 Å². The Balaban J connectivity index is 2.94. The van der Waals surface area contributed by atoms with Crippen LogP contribution in [0.4, 0.5) is 0 Å². The quantitative estimate of drug-likeness (QED) is 0.776. The first-order valence-electron chi connectivity index (χ1n) is 3.90. The summed E-state index contributed by atoms with van der Waals surface area (Å²) in [5.74, 6) is 0.288. The number of aromatic hydroxyl groups is 2. The molecule has 2 nitrogen and oxygen atoms in total. The predicted octanol–water partition coefficient (Wildman–Crippen LogP) is 3.78. The highest BCUT2D eigenvalue weighted by atomic mass is 79.9. The summed E-state index contributed by atoms with van der Waals surface area (Å²) in [6.45, 7) is 0. The van der Waals surface area contributed by atoms with Gasteiger partial charge in [0.05, 0.1) is 8.95 Å². The van der Waals surface area contributed by atoms with E-state index in [1.54, 1.807) is 24.3 Å². The first-order chi connectivity index (χ1) is 6.61. The van der Waals surface area contributed by atoms with Crippen molar-refractivity contribution in [1.82, 2.24) is 0 Å². The highest BCUT2D eigenvalue weighted by molar-refractivity contribution is 9.11. The van der Waals surface area contributed by atoms with Crippen molar-refractivity contribution in [3.63, 3.8) is 0 Å². The van der Waals surface area contributed by atoms with Gasteiger partial charge in [0, 0.05) is 10.8 Å². The molecule has 0 atom stereocenters. The number of phenolic OH excluding ortho intramolecular Hbond substituents is 2. The molecule has 72 valence electrons. The summed E-state index contributed by atoms with van der Waals surface area (Å²) in [5, 5.41) is 20.7. The lowest BCUT2D eigenvalue weighted by molar-refractivity contribution is 0.472. The molecule has 0 spiro atoms. The van der Waals surface area contributed by atoms with Crippen molar-refractivity contribution in [2.45, 2.75) is 0 Å². The molecule has 4 heteroatoms. The second-order valence-corrected chi connectivity index (χ2v) is 4.60. The lowest BCUT2D eigenvalue weighted by atomic mass is 10.1. The molecular weight excluding hydrogens is 312 g/mol.